The highest BCUT2D eigenvalue weighted by atomic mass is 16.5. The first-order chi connectivity index (χ1) is 9.78. The molecular formula is C15H14N4O. The van der Waals surface area contributed by atoms with Gasteiger partial charge in [0.15, 0.2) is 0 Å². The number of aromatic nitrogens is 1. The number of nitrogen functional groups attached to an aromatic ring is 1. The Morgan fingerprint density at radius 1 is 1.40 bits per heavy atom. The van der Waals surface area contributed by atoms with Crippen molar-refractivity contribution in [2.45, 2.75) is 12.5 Å². The second-order valence-corrected chi connectivity index (χ2v) is 4.65. The lowest BCUT2D eigenvalue weighted by Gasteiger charge is -2.27. The summed E-state index contributed by atoms with van der Waals surface area (Å²) in [4.78, 5) is 4.22. The molecule has 0 bridgehead atoms. The lowest BCUT2D eigenvalue weighted by atomic mass is 10.0. The molecule has 0 amide bonds. The highest BCUT2D eigenvalue weighted by molar-refractivity contribution is 5.64. The maximum absolute atomic E-state index is 8.82. The van der Waals surface area contributed by atoms with Gasteiger partial charge in [-0.05, 0) is 12.1 Å². The van der Waals surface area contributed by atoms with E-state index >= 15 is 0 Å². The molecule has 2 heterocycles. The van der Waals surface area contributed by atoms with E-state index in [1.807, 2.05) is 30.3 Å². The van der Waals surface area contributed by atoms with Crippen molar-refractivity contribution in [2.24, 2.45) is 0 Å². The Hall–Kier alpha value is -2.74. The first-order valence-electron chi connectivity index (χ1n) is 6.42. The van der Waals surface area contributed by atoms with Crippen LogP contribution in [0.3, 0.4) is 0 Å². The van der Waals surface area contributed by atoms with Gasteiger partial charge in [-0.3, -0.25) is 0 Å². The molecule has 1 unspecified atom stereocenters. The molecule has 0 aliphatic carbocycles. The minimum absolute atomic E-state index is 0.114. The molecule has 1 aromatic heterocycles. The van der Waals surface area contributed by atoms with Gasteiger partial charge in [0.25, 0.3) is 0 Å². The Balaban J connectivity index is 1.88. The standard InChI is InChI=1S/C15H14N4O/c16-8-10-7-12(17)15(18-9-10)19-13-5-6-20-14-4-2-1-3-11(13)14/h1-4,7,9,13H,5-6,17H2,(H,18,19). The van der Waals surface area contributed by atoms with E-state index < -0.39 is 0 Å². The van der Waals surface area contributed by atoms with Crippen LogP contribution in [0.2, 0.25) is 0 Å². The molecular weight excluding hydrogens is 252 g/mol. The van der Waals surface area contributed by atoms with Gasteiger partial charge in [-0.25, -0.2) is 4.98 Å². The first-order valence-corrected chi connectivity index (χ1v) is 6.42. The number of fused-ring (bicyclic) bond motifs is 1. The van der Waals surface area contributed by atoms with E-state index in [0.29, 0.717) is 23.7 Å². The number of hydrogen-bond acceptors (Lipinski definition) is 5. The molecule has 5 heteroatoms. The monoisotopic (exact) mass is 266 g/mol. The number of nitriles is 1. The Morgan fingerprint density at radius 2 is 2.25 bits per heavy atom. The normalized spacial score (nSPS) is 16.6. The van der Waals surface area contributed by atoms with Crippen molar-refractivity contribution < 1.29 is 4.74 Å². The molecule has 0 fully saturated rings. The molecule has 3 rings (SSSR count). The van der Waals surface area contributed by atoms with Gasteiger partial charge in [0.05, 0.1) is 23.9 Å². The highest BCUT2D eigenvalue weighted by Gasteiger charge is 2.21. The molecule has 1 atom stereocenters. The number of nitrogens with one attached hydrogen (secondary N) is 1. The number of ether oxygens (including phenoxy) is 1. The molecule has 100 valence electrons. The minimum atomic E-state index is 0.114. The number of nitrogens with zero attached hydrogens (tertiary/aromatic N) is 2. The van der Waals surface area contributed by atoms with Crippen LogP contribution in [0.4, 0.5) is 11.5 Å². The van der Waals surface area contributed by atoms with E-state index in [0.717, 1.165) is 17.7 Å². The second kappa shape index (κ2) is 5.10. The van der Waals surface area contributed by atoms with E-state index in [2.05, 4.69) is 10.3 Å². The van der Waals surface area contributed by atoms with Crippen molar-refractivity contribution >= 4 is 11.5 Å². The maximum atomic E-state index is 8.82. The molecule has 0 radical (unpaired) electrons. The molecule has 20 heavy (non-hydrogen) atoms. The Bertz CT molecular complexity index is 678. The van der Waals surface area contributed by atoms with E-state index in [1.165, 1.54) is 6.20 Å². The average molecular weight is 266 g/mol. The SMILES string of the molecule is N#Cc1cnc(NC2CCOc3ccccc32)c(N)c1. The van der Waals surface area contributed by atoms with Crippen LogP contribution in [0.15, 0.2) is 36.5 Å². The number of rotatable bonds is 2. The third-order valence-corrected chi connectivity index (χ3v) is 3.32. The van der Waals surface area contributed by atoms with Crippen LogP contribution in [0.1, 0.15) is 23.6 Å². The summed E-state index contributed by atoms with van der Waals surface area (Å²) in [5.74, 6) is 1.49. The fraction of sp³-hybridized carbons (Fsp3) is 0.200. The minimum Gasteiger partial charge on any atom is -0.493 e. The zero-order valence-electron chi connectivity index (χ0n) is 10.8. The van der Waals surface area contributed by atoms with Gasteiger partial charge in [-0.15, -0.1) is 0 Å². The number of benzene rings is 1. The third-order valence-electron chi connectivity index (χ3n) is 3.32. The van der Waals surface area contributed by atoms with Crippen LogP contribution in [0.25, 0.3) is 0 Å². The summed E-state index contributed by atoms with van der Waals surface area (Å²) in [6.07, 6.45) is 2.36. The fourth-order valence-electron chi connectivity index (χ4n) is 2.32. The number of nitrogens with two attached hydrogens (primary N) is 1. The number of hydrogen-bond donors (Lipinski definition) is 2. The van der Waals surface area contributed by atoms with Crippen LogP contribution in [-0.4, -0.2) is 11.6 Å². The molecule has 3 N–H and O–H groups in total. The van der Waals surface area contributed by atoms with Gasteiger partial charge in [0, 0.05) is 18.2 Å². The lowest BCUT2D eigenvalue weighted by Crippen LogP contribution is -2.21. The molecule has 1 aromatic carbocycles. The van der Waals surface area contributed by atoms with Gasteiger partial charge in [0.1, 0.15) is 17.6 Å². The summed E-state index contributed by atoms with van der Waals surface area (Å²) in [6.45, 7) is 0.658. The van der Waals surface area contributed by atoms with E-state index in [9.17, 15) is 0 Å². The largest absolute Gasteiger partial charge is 0.493 e. The van der Waals surface area contributed by atoms with E-state index in [-0.39, 0.29) is 6.04 Å². The molecule has 0 saturated heterocycles. The molecule has 0 spiro atoms. The summed E-state index contributed by atoms with van der Waals surface area (Å²) in [6, 6.07) is 11.7. The fourth-order valence-corrected chi connectivity index (χ4v) is 2.32. The van der Waals surface area contributed by atoms with Crippen LogP contribution in [-0.2, 0) is 0 Å². The van der Waals surface area contributed by atoms with Crippen molar-refractivity contribution in [3.05, 3.63) is 47.7 Å². The molecule has 1 aliphatic rings. The Labute approximate surface area is 117 Å². The molecule has 0 saturated carbocycles. The van der Waals surface area contributed by atoms with Crippen molar-refractivity contribution in [1.82, 2.24) is 4.98 Å². The molecule has 1 aliphatic heterocycles. The highest BCUT2D eigenvalue weighted by Crippen LogP contribution is 2.34. The third kappa shape index (κ3) is 2.24. The van der Waals surface area contributed by atoms with Crippen molar-refractivity contribution in [3.8, 4) is 11.8 Å². The topological polar surface area (TPSA) is 84.0 Å². The number of para-hydroxylation sites is 1. The van der Waals surface area contributed by atoms with Crippen LogP contribution in [0.5, 0.6) is 5.75 Å². The average Bonchev–Trinajstić information content (AvgIpc) is 2.49. The summed E-state index contributed by atoms with van der Waals surface area (Å²) in [7, 11) is 0. The smallest absolute Gasteiger partial charge is 0.149 e. The first kappa shape index (κ1) is 12.3. The van der Waals surface area contributed by atoms with E-state index in [4.69, 9.17) is 15.7 Å². The van der Waals surface area contributed by atoms with E-state index in [1.54, 1.807) is 6.07 Å². The molecule has 5 nitrogen and oxygen atoms in total. The number of pyridine rings is 1. The molecule has 2 aromatic rings. The van der Waals surface area contributed by atoms with Crippen molar-refractivity contribution in [1.29, 1.82) is 5.26 Å². The maximum Gasteiger partial charge on any atom is 0.149 e. The predicted molar refractivity (Wildman–Crippen MR) is 76.3 cm³/mol. The van der Waals surface area contributed by atoms with Crippen LogP contribution in [0, 0.1) is 11.3 Å². The van der Waals surface area contributed by atoms with Gasteiger partial charge in [-0.1, -0.05) is 18.2 Å². The van der Waals surface area contributed by atoms with Crippen LogP contribution >= 0.6 is 0 Å². The summed E-state index contributed by atoms with van der Waals surface area (Å²) < 4.78 is 5.62. The van der Waals surface area contributed by atoms with Gasteiger partial charge >= 0.3 is 0 Å². The Kier molecular flexibility index (Phi) is 3.13. The zero-order valence-corrected chi connectivity index (χ0v) is 10.8. The summed E-state index contributed by atoms with van der Waals surface area (Å²) in [5.41, 5.74) is 7.97. The quantitative estimate of drug-likeness (QED) is 0.872. The summed E-state index contributed by atoms with van der Waals surface area (Å²) in [5, 5.41) is 12.2. The van der Waals surface area contributed by atoms with Gasteiger partial charge in [-0.2, -0.15) is 5.26 Å². The second-order valence-electron chi connectivity index (χ2n) is 4.65. The van der Waals surface area contributed by atoms with Crippen LogP contribution < -0.4 is 15.8 Å². The zero-order chi connectivity index (χ0) is 13.9. The lowest BCUT2D eigenvalue weighted by molar-refractivity contribution is 0.274. The van der Waals surface area contributed by atoms with Gasteiger partial charge < -0.3 is 15.8 Å². The van der Waals surface area contributed by atoms with Gasteiger partial charge in [0.2, 0.25) is 0 Å². The predicted octanol–water partition coefficient (Wildman–Crippen LogP) is 2.47. The van der Waals surface area contributed by atoms with Crippen molar-refractivity contribution in [2.75, 3.05) is 17.7 Å². The summed E-state index contributed by atoms with van der Waals surface area (Å²) >= 11 is 0. The number of anilines is 2. The Morgan fingerprint density at radius 3 is 3.05 bits per heavy atom. The van der Waals surface area contributed by atoms with Crippen molar-refractivity contribution in [3.63, 3.8) is 0 Å².